The molecule has 1 rings (SSSR count). The molecule has 0 amide bonds. The Morgan fingerprint density at radius 3 is 2.48 bits per heavy atom. The Morgan fingerprint density at radius 2 is 1.81 bits per heavy atom. The molecule has 0 aromatic heterocycles. The lowest BCUT2D eigenvalue weighted by Gasteiger charge is -2.22. The standard InChI is InChI=1S/C27H50O4/c1-5-8-10-14-23(28)19-17-22-18-20-26(29)25(22)16-12-9-11-15-24(21(4)13-6-2)27(30)31-7-3/h17,21,23-26,28-29H,5-16,18-20H2,1-4H3/t21?,23?,24?,25-,26-/m1/s1. The van der Waals surface area contributed by atoms with E-state index in [-0.39, 0.29) is 30.0 Å². The average Bonchev–Trinajstić information content (AvgIpc) is 3.09. The van der Waals surface area contributed by atoms with Gasteiger partial charge in [0.05, 0.1) is 24.7 Å². The highest BCUT2D eigenvalue weighted by Gasteiger charge is 2.29. The summed E-state index contributed by atoms with van der Waals surface area (Å²) < 4.78 is 5.32. The van der Waals surface area contributed by atoms with Crippen LogP contribution in [0.5, 0.6) is 0 Å². The molecule has 31 heavy (non-hydrogen) atoms. The van der Waals surface area contributed by atoms with Crippen LogP contribution in [-0.2, 0) is 9.53 Å². The fourth-order valence-electron chi connectivity index (χ4n) is 5.06. The predicted molar refractivity (Wildman–Crippen MR) is 129 cm³/mol. The van der Waals surface area contributed by atoms with Gasteiger partial charge in [0.2, 0.25) is 0 Å². The number of aliphatic hydroxyl groups is 2. The highest BCUT2D eigenvalue weighted by Crippen LogP contribution is 2.36. The van der Waals surface area contributed by atoms with E-state index in [1.165, 1.54) is 18.4 Å². The quantitative estimate of drug-likeness (QED) is 0.153. The van der Waals surface area contributed by atoms with Gasteiger partial charge in [-0.1, -0.05) is 83.8 Å². The van der Waals surface area contributed by atoms with Crippen LogP contribution in [0.15, 0.2) is 11.6 Å². The van der Waals surface area contributed by atoms with Crippen LogP contribution in [0.25, 0.3) is 0 Å². The van der Waals surface area contributed by atoms with E-state index in [1.54, 1.807) is 0 Å². The maximum absolute atomic E-state index is 12.3. The lowest BCUT2D eigenvalue weighted by Crippen LogP contribution is -2.24. The van der Waals surface area contributed by atoms with Crippen LogP contribution in [0.2, 0.25) is 0 Å². The Labute approximate surface area is 191 Å². The van der Waals surface area contributed by atoms with E-state index < -0.39 is 0 Å². The molecule has 2 N–H and O–H groups in total. The van der Waals surface area contributed by atoms with Crippen molar-refractivity contribution in [1.29, 1.82) is 0 Å². The van der Waals surface area contributed by atoms with Crippen LogP contribution in [0, 0.1) is 17.8 Å². The third-order valence-electron chi connectivity index (χ3n) is 7.01. The normalized spacial score (nSPS) is 23.1. The Hall–Kier alpha value is -0.870. The first kappa shape index (κ1) is 28.2. The van der Waals surface area contributed by atoms with Crippen LogP contribution in [0.1, 0.15) is 118 Å². The van der Waals surface area contributed by atoms with Gasteiger partial charge in [0, 0.05) is 5.92 Å². The molecule has 1 saturated carbocycles. The van der Waals surface area contributed by atoms with Gasteiger partial charge in [0.15, 0.2) is 0 Å². The van der Waals surface area contributed by atoms with Gasteiger partial charge in [-0.2, -0.15) is 0 Å². The van der Waals surface area contributed by atoms with Crippen LogP contribution >= 0.6 is 0 Å². The molecular formula is C27H50O4. The van der Waals surface area contributed by atoms with Gasteiger partial charge in [-0.3, -0.25) is 4.79 Å². The molecular weight excluding hydrogens is 388 g/mol. The zero-order chi connectivity index (χ0) is 23.1. The molecule has 5 atom stereocenters. The zero-order valence-corrected chi connectivity index (χ0v) is 20.8. The molecule has 0 aliphatic heterocycles. The minimum atomic E-state index is -0.248. The monoisotopic (exact) mass is 438 g/mol. The molecule has 4 heteroatoms. The maximum atomic E-state index is 12.3. The van der Waals surface area contributed by atoms with Crippen LogP contribution < -0.4 is 0 Å². The van der Waals surface area contributed by atoms with Gasteiger partial charge in [-0.15, -0.1) is 0 Å². The zero-order valence-electron chi connectivity index (χ0n) is 20.8. The van der Waals surface area contributed by atoms with Crippen molar-refractivity contribution in [2.75, 3.05) is 6.61 Å². The summed E-state index contributed by atoms with van der Waals surface area (Å²) in [5.74, 6) is 0.612. The Bertz CT molecular complexity index is 501. The van der Waals surface area contributed by atoms with E-state index in [1.807, 2.05) is 6.92 Å². The molecule has 0 saturated heterocycles. The summed E-state index contributed by atoms with van der Waals surface area (Å²) in [6, 6.07) is 0. The number of hydrogen-bond acceptors (Lipinski definition) is 4. The van der Waals surface area contributed by atoms with Gasteiger partial charge < -0.3 is 14.9 Å². The summed E-state index contributed by atoms with van der Waals surface area (Å²) >= 11 is 0. The number of esters is 1. The Morgan fingerprint density at radius 1 is 1.06 bits per heavy atom. The summed E-state index contributed by atoms with van der Waals surface area (Å²) in [6.45, 7) is 8.86. The van der Waals surface area contributed by atoms with Gasteiger partial charge in [0.1, 0.15) is 0 Å². The van der Waals surface area contributed by atoms with Gasteiger partial charge >= 0.3 is 5.97 Å². The second-order valence-electron chi connectivity index (χ2n) is 9.64. The fraction of sp³-hybridized carbons (Fsp3) is 0.889. The number of rotatable bonds is 17. The average molecular weight is 439 g/mol. The molecule has 0 spiro atoms. The first-order chi connectivity index (χ1) is 14.9. The minimum Gasteiger partial charge on any atom is -0.466 e. The van der Waals surface area contributed by atoms with Crippen LogP contribution in [-0.4, -0.2) is 35.0 Å². The van der Waals surface area contributed by atoms with Crippen molar-refractivity contribution < 1.29 is 19.7 Å². The molecule has 0 aromatic rings. The van der Waals surface area contributed by atoms with Crippen molar-refractivity contribution in [2.24, 2.45) is 17.8 Å². The molecule has 1 aliphatic carbocycles. The van der Waals surface area contributed by atoms with Crippen molar-refractivity contribution in [3.05, 3.63) is 11.6 Å². The fourth-order valence-corrected chi connectivity index (χ4v) is 5.06. The lowest BCUT2D eigenvalue weighted by molar-refractivity contribution is -0.150. The second-order valence-corrected chi connectivity index (χ2v) is 9.64. The summed E-state index contributed by atoms with van der Waals surface area (Å²) in [7, 11) is 0. The highest BCUT2D eigenvalue weighted by molar-refractivity contribution is 5.72. The molecule has 0 heterocycles. The first-order valence-electron chi connectivity index (χ1n) is 13.2. The SMILES string of the molecule is CCCCCC(O)CC=C1CC[C@@H](O)[C@@H]1CCCCCC(C(=O)OCC)C(C)CCC. The molecule has 4 nitrogen and oxygen atoms in total. The maximum Gasteiger partial charge on any atom is 0.309 e. The third kappa shape index (κ3) is 11.0. The summed E-state index contributed by atoms with van der Waals surface area (Å²) in [5, 5.41) is 20.6. The van der Waals surface area contributed by atoms with E-state index in [0.717, 1.165) is 77.0 Å². The van der Waals surface area contributed by atoms with E-state index in [0.29, 0.717) is 12.5 Å². The predicted octanol–water partition coefficient (Wildman–Crippen LogP) is 6.58. The van der Waals surface area contributed by atoms with E-state index in [9.17, 15) is 15.0 Å². The van der Waals surface area contributed by atoms with Crippen molar-refractivity contribution in [2.45, 2.75) is 130 Å². The topological polar surface area (TPSA) is 66.8 Å². The van der Waals surface area contributed by atoms with Gasteiger partial charge in [-0.05, 0) is 51.4 Å². The number of hydrogen-bond donors (Lipinski definition) is 2. The number of carbonyl (C=O) groups excluding carboxylic acids is 1. The smallest absolute Gasteiger partial charge is 0.309 e. The number of aliphatic hydroxyl groups excluding tert-OH is 2. The van der Waals surface area contributed by atoms with Crippen molar-refractivity contribution in [3.8, 4) is 0 Å². The number of unbranched alkanes of at least 4 members (excludes halogenated alkanes) is 4. The van der Waals surface area contributed by atoms with Gasteiger partial charge in [-0.25, -0.2) is 0 Å². The highest BCUT2D eigenvalue weighted by atomic mass is 16.5. The minimum absolute atomic E-state index is 0.0154. The lowest BCUT2D eigenvalue weighted by atomic mass is 9.85. The van der Waals surface area contributed by atoms with Gasteiger partial charge in [0.25, 0.3) is 0 Å². The summed E-state index contributed by atoms with van der Waals surface area (Å²) in [6.07, 6.45) is 15.9. The van der Waals surface area contributed by atoms with Crippen molar-refractivity contribution in [1.82, 2.24) is 0 Å². The second kappa shape index (κ2) is 16.7. The Kier molecular flexibility index (Phi) is 15.2. The number of carbonyl (C=O) groups is 1. The molecule has 0 radical (unpaired) electrons. The van der Waals surface area contributed by atoms with Crippen molar-refractivity contribution in [3.63, 3.8) is 0 Å². The van der Waals surface area contributed by atoms with E-state index in [4.69, 9.17) is 4.74 Å². The Balaban J connectivity index is 2.42. The molecule has 1 fully saturated rings. The summed E-state index contributed by atoms with van der Waals surface area (Å²) in [4.78, 5) is 12.3. The van der Waals surface area contributed by atoms with Crippen molar-refractivity contribution >= 4 is 5.97 Å². The molecule has 0 aromatic carbocycles. The van der Waals surface area contributed by atoms with Crippen LogP contribution in [0.4, 0.5) is 0 Å². The largest absolute Gasteiger partial charge is 0.466 e. The summed E-state index contributed by atoms with van der Waals surface area (Å²) in [5.41, 5.74) is 1.35. The van der Waals surface area contributed by atoms with E-state index >= 15 is 0 Å². The number of ether oxygens (including phenoxy) is 1. The third-order valence-corrected chi connectivity index (χ3v) is 7.01. The van der Waals surface area contributed by atoms with E-state index in [2.05, 4.69) is 26.8 Å². The molecule has 3 unspecified atom stereocenters. The first-order valence-corrected chi connectivity index (χ1v) is 13.2. The molecule has 182 valence electrons. The molecule has 1 aliphatic rings. The van der Waals surface area contributed by atoms with Crippen LogP contribution in [0.3, 0.4) is 0 Å². The molecule has 0 bridgehead atoms.